The van der Waals surface area contributed by atoms with Crippen LogP contribution in [0.15, 0.2) is 27.8 Å². The Labute approximate surface area is 119 Å². The fraction of sp³-hybridized carbons (Fsp3) is 0.167. The summed E-state index contributed by atoms with van der Waals surface area (Å²) in [5, 5.41) is -0.800. The van der Waals surface area contributed by atoms with E-state index in [2.05, 4.69) is 0 Å². The SMILES string of the molecule is Cc1ccc(C(F)(F)F)cc1-n1c(=O)[nH]c(Cl)c(F)c1=O. The molecular weight excluding hydrogens is 316 g/mol. The summed E-state index contributed by atoms with van der Waals surface area (Å²) < 4.78 is 51.8. The van der Waals surface area contributed by atoms with Gasteiger partial charge < -0.3 is 0 Å². The smallest absolute Gasteiger partial charge is 0.295 e. The van der Waals surface area contributed by atoms with Gasteiger partial charge in [0.15, 0.2) is 5.15 Å². The Morgan fingerprint density at radius 2 is 1.86 bits per heavy atom. The second-order valence-corrected chi connectivity index (χ2v) is 4.58. The number of aromatic nitrogens is 2. The summed E-state index contributed by atoms with van der Waals surface area (Å²) in [5.41, 5.74) is -3.80. The standard InChI is InChI=1S/C12H7ClF4N2O2/c1-5-2-3-6(12(15,16)17)4-7(5)19-10(20)8(14)9(13)18-11(19)21/h2-4H,1H3,(H,18,21). The van der Waals surface area contributed by atoms with Crippen molar-refractivity contribution in [1.29, 1.82) is 0 Å². The van der Waals surface area contributed by atoms with Crippen LogP contribution in [-0.2, 0) is 6.18 Å². The fourth-order valence-electron chi connectivity index (χ4n) is 1.73. The predicted molar refractivity (Wildman–Crippen MR) is 67.4 cm³/mol. The molecule has 21 heavy (non-hydrogen) atoms. The van der Waals surface area contributed by atoms with Gasteiger partial charge in [0, 0.05) is 0 Å². The molecule has 0 saturated carbocycles. The van der Waals surface area contributed by atoms with Crippen LogP contribution < -0.4 is 11.2 Å². The van der Waals surface area contributed by atoms with E-state index in [-0.39, 0.29) is 15.8 Å². The van der Waals surface area contributed by atoms with Gasteiger partial charge >= 0.3 is 11.9 Å². The average Bonchev–Trinajstić information content (AvgIpc) is 2.37. The maximum Gasteiger partial charge on any atom is 0.416 e. The molecule has 0 spiro atoms. The molecule has 9 heteroatoms. The third-order valence-corrected chi connectivity index (χ3v) is 3.04. The van der Waals surface area contributed by atoms with Crippen LogP contribution in [0.2, 0.25) is 5.15 Å². The maximum atomic E-state index is 13.5. The first-order chi connectivity index (χ1) is 9.62. The molecule has 1 N–H and O–H groups in total. The van der Waals surface area contributed by atoms with Gasteiger partial charge in [-0.1, -0.05) is 17.7 Å². The highest BCUT2D eigenvalue weighted by atomic mass is 35.5. The Morgan fingerprint density at radius 3 is 2.43 bits per heavy atom. The van der Waals surface area contributed by atoms with Crippen LogP contribution in [0.1, 0.15) is 11.1 Å². The molecular formula is C12H7ClF4N2O2. The lowest BCUT2D eigenvalue weighted by Crippen LogP contribution is -2.36. The summed E-state index contributed by atoms with van der Waals surface area (Å²) in [6.07, 6.45) is -4.66. The number of rotatable bonds is 1. The van der Waals surface area contributed by atoms with Crippen molar-refractivity contribution in [3.05, 3.63) is 61.1 Å². The number of aryl methyl sites for hydroxylation is 1. The molecule has 2 rings (SSSR count). The van der Waals surface area contributed by atoms with Gasteiger partial charge in [-0.3, -0.25) is 9.78 Å². The number of nitrogens with zero attached hydrogens (tertiary/aromatic N) is 1. The summed E-state index contributed by atoms with van der Waals surface area (Å²) in [6, 6.07) is 2.47. The minimum atomic E-state index is -4.66. The zero-order valence-corrected chi connectivity index (χ0v) is 11.1. The van der Waals surface area contributed by atoms with E-state index in [9.17, 15) is 27.2 Å². The number of H-pyrrole nitrogens is 1. The number of hydrogen-bond acceptors (Lipinski definition) is 2. The minimum absolute atomic E-state index is 0.192. The molecule has 0 aliphatic heterocycles. The molecule has 0 atom stereocenters. The molecule has 0 aliphatic rings. The van der Waals surface area contributed by atoms with Crippen molar-refractivity contribution in [1.82, 2.24) is 9.55 Å². The van der Waals surface area contributed by atoms with Gasteiger partial charge in [0.2, 0.25) is 5.82 Å². The molecule has 0 aliphatic carbocycles. The van der Waals surface area contributed by atoms with Crippen molar-refractivity contribution in [2.75, 3.05) is 0 Å². The van der Waals surface area contributed by atoms with Gasteiger partial charge in [0.1, 0.15) is 0 Å². The van der Waals surface area contributed by atoms with Crippen LogP contribution in [0, 0.1) is 12.7 Å². The molecule has 0 fully saturated rings. The van der Waals surface area contributed by atoms with Gasteiger partial charge in [0.05, 0.1) is 11.3 Å². The molecule has 1 aromatic heterocycles. The van der Waals surface area contributed by atoms with E-state index in [4.69, 9.17) is 11.6 Å². The Kier molecular flexibility index (Phi) is 3.66. The first-order valence-corrected chi connectivity index (χ1v) is 5.89. The average molecular weight is 323 g/mol. The largest absolute Gasteiger partial charge is 0.416 e. The van der Waals surface area contributed by atoms with Crippen LogP contribution in [0.5, 0.6) is 0 Å². The lowest BCUT2D eigenvalue weighted by Gasteiger charge is -2.12. The highest BCUT2D eigenvalue weighted by molar-refractivity contribution is 6.29. The molecule has 0 saturated heterocycles. The number of aromatic amines is 1. The topological polar surface area (TPSA) is 54.9 Å². The summed E-state index contributed by atoms with van der Waals surface area (Å²) in [7, 11) is 0. The van der Waals surface area contributed by atoms with E-state index in [0.29, 0.717) is 6.07 Å². The highest BCUT2D eigenvalue weighted by Gasteiger charge is 2.31. The monoisotopic (exact) mass is 322 g/mol. The van der Waals surface area contributed by atoms with Crippen molar-refractivity contribution in [3.8, 4) is 5.69 Å². The molecule has 4 nitrogen and oxygen atoms in total. The molecule has 112 valence electrons. The maximum absolute atomic E-state index is 13.5. The zero-order chi connectivity index (χ0) is 15.9. The Balaban J connectivity index is 2.83. The summed E-state index contributed by atoms with van der Waals surface area (Å²) >= 11 is 5.30. The van der Waals surface area contributed by atoms with E-state index < -0.39 is 34.0 Å². The van der Waals surface area contributed by atoms with Crippen molar-refractivity contribution < 1.29 is 17.6 Å². The number of halogens is 5. The van der Waals surface area contributed by atoms with Crippen molar-refractivity contribution >= 4 is 11.6 Å². The van der Waals surface area contributed by atoms with Crippen LogP contribution in [0.3, 0.4) is 0 Å². The van der Waals surface area contributed by atoms with Gasteiger partial charge in [-0.2, -0.15) is 17.6 Å². The van der Waals surface area contributed by atoms with Crippen LogP contribution in [-0.4, -0.2) is 9.55 Å². The van der Waals surface area contributed by atoms with Crippen molar-refractivity contribution in [2.24, 2.45) is 0 Å². The number of benzene rings is 1. The molecule has 1 heterocycles. The normalized spacial score (nSPS) is 11.7. The first kappa shape index (κ1) is 15.3. The Bertz CT molecular complexity index is 823. The Hall–Kier alpha value is -2.09. The zero-order valence-electron chi connectivity index (χ0n) is 10.4. The quantitative estimate of drug-likeness (QED) is 0.648. The predicted octanol–water partition coefficient (Wildman–Crippen LogP) is 2.65. The van der Waals surface area contributed by atoms with Crippen LogP contribution in [0.25, 0.3) is 5.69 Å². The van der Waals surface area contributed by atoms with Gasteiger partial charge in [-0.25, -0.2) is 9.36 Å². The second kappa shape index (κ2) is 5.03. The molecule has 0 amide bonds. The van der Waals surface area contributed by atoms with E-state index in [0.717, 1.165) is 12.1 Å². The molecule has 0 bridgehead atoms. The van der Waals surface area contributed by atoms with Crippen LogP contribution >= 0.6 is 11.6 Å². The lowest BCUT2D eigenvalue weighted by molar-refractivity contribution is -0.137. The van der Waals surface area contributed by atoms with Crippen molar-refractivity contribution in [3.63, 3.8) is 0 Å². The Morgan fingerprint density at radius 1 is 1.24 bits per heavy atom. The third-order valence-electron chi connectivity index (χ3n) is 2.78. The van der Waals surface area contributed by atoms with Crippen molar-refractivity contribution in [2.45, 2.75) is 13.1 Å². The minimum Gasteiger partial charge on any atom is -0.295 e. The van der Waals surface area contributed by atoms with E-state index >= 15 is 0 Å². The van der Waals surface area contributed by atoms with Crippen LogP contribution in [0.4, 0.5) is 17.6 Å². The number of alkyl halides is 3. The van der Waals surface area contributed by atoms with Gasteiger partial charge in [-0.15, -0.1) is 0 Å². The third kappa shape index (κ3) is 2.71. The number of hydrogen-bond donors (Lipinski definition) is 1. The summed E-state index contributed by atoms with van der Waals surface area (Å²) in [5.74, 6) is -1.45. The molecule has 0 unspecified atom stereocenters. The van der Waals surface area contributed by atoms with E-state index in [1.54, 1.807) is 0 Å². The van der Waals surface area contributed by atoms with E-state index in [1.807, 2.05) is 4.98 Å². The summed E-state index contributed by atoms with van der Waals surface area (Å²) in [6.45, 7) is 1.38. The van der Waals surface area contributed by atoms with Gasteiger partial charge in [-0.05, 0) is 24.6 Å². The number of nitrogens with one attached hydrogen (secondary N) is 1. The molecule has 0 radical (unpaired) electrons. The lowest BCUT2D eigenvalue weighted by atomic mass is 10.1. The van der Waals surface area contributed by atoms with Gasteiger partial charge in [0.25, 0.3) is 5.56 Å². The highest BCUT2D eigenvalue weighted by Crippen LogP contribution is 2.31. The second-order valence-electron chi connectivity index (χ2n) is 4.20. The molecule has 1 aromatic carbocycles. The summed E-state index contributed by atoms with van der Waals surface area (Å²) in [4.78, 5) is 25.3. The van der Waals surface area contributed by atoms with E-state index in [1.165, 1.54) is 6.92 Å². The molecule has 2 aromatic rings. The first-order valence-electron chi connectivity index (χ1n) is 5.51. The fourth-order valence-corrected chi connectivity index (χ4v) is 1.90.